The molecule has 1 heterocycles. The number of aromatic nitrogens is 1. The SMILES string of the molecule is CC1(C)CCC(c2cc(-c3cc(C(C)(C)C)c4ccccc4c3)ncc2[Si](C)(C)C)CC1. The first kappa shape index (κ1) is 23.2. The van der Waals surface area contributed by atoms with Gasteiger partial charge >= 0.3 is 0 Å². The number of benzene rings is 2. The van der Waals surface area contributed by atoms with E-state index in [-0.39, 0.29) is 5.41 Å². The molecule has 1 aromatic heterocycles. The van der Waals surface area contributed by atoms with Crippen LogP contribution in [0.3, 0.4) is 0 Å². The number of rotatable bonds is 3. The predicted octanol–water partition coefficient (Wildman–Crippen LogP) is 8.43. The van der Waals surface area contributed by atoms with Crippen molar-refractivity contribution in [1.29, 1.82) is 0 Å². The van der Waals surface area contributed by atoms with E-state index in [1.807, 2.05) is 0 Å². The van der Waals surface area contributed by atoms with Crippen LogP contribution in [0.15, 0.2) is 48.7 Å². The van der Waals surface area contributed by atoms with E-state index in [1.54, 1.807) is 10.8 Å². The highest BCUT2D eigenvalue weighted by molar-refractivity contribution is 6.89. The lowest BCUT2D eigenvalue weighted by atomic mass is 9.71. The molecule has 0 N–H and O–H groups in total. The average Bonchev–Trinajstić information content (AvgIpc) is 2.71. The predicted molar refractivity (Wildman–Crippen MR) is 144 cm³/mol. The Morgan fingerprint density at radius 1 is 0.938 bits per heavy atom. The van der Waals surface area contributed by atoms with E-state index >= 15 is 0 Å². The summed E-state index contributed by atoms with van der Waals surface area (Å²) in [5.74, 6) is 0.675. The van der Waals surface area contributed by atoms with Crippen LogP contribution in [0.25, 0.3) is 22.0 Å². The monoisotopic (exact) mass is 443 g/mol. The van der Waals surface area contributed by atoms with Gasteiger partial charge in [0.05, 0.1) is 13.8 Å². The third kappa shape index (κ3) is 4.71. The van der Waals surface area contributed by atoms with Gasteiger partial charge in [0, 0.05) is 11.8 Å². The Hall–Kier alpha value is -1.93. The quantitative estimate of drug-likeness (QED) is 0.370. The first-order valence-electron chi connectivity index (χ1n) is 12.4. The zero-order valence-corrected chi connectivity index (χ0v) is 22.5. The molecule has 2 heteroatoms. The molecule has 0 radical (unpaired) electrons. The molecule has 170 valence electrons. The normalized spacial score (nSPS) is 17.6. The maximum Gasteiger partial charge on any atom is 0.0799 e. The Kier molecular flexibility index (Phi) is 5.90. The first-order chi connectivity index (χ1) is 14.9. The fourth-order valence-electron chi connectivity index (χ4n) is 5.38. The number of nitrogens with zero attached hydrogens (tertiary/aromatic N) is 1. The molecule has 0 bridgehead atoms. The van der Waals surface area contributed by atoms with Crippen LogP contribution in [0.5, 0.6) is 0 Å². The lowest BCUT2D eigenvalue weighted by molar-refractivity contribution is 0.225. The molecule has 1 aliphatic rings. The van der Waals surface area contributed by atoms with Gasteiger partial charge in [-0.1, -0.05) is 78.5 Å². The van der Waals surface area contributed by atoms with E-state index < -0.39 is 8.07 Å². The summed E-state index contributed by atoms with van der Waals surface area (Å²) in [5, 5.41) is 4.23. The smallest absolute Gasteiger partial charge is 0.0799 e. The van der Waals surface area contributed by atoms with Crippen LogP contribution in [0, 0.1) is 5.41 Å². The van der Waals surface area contributed by atoms with Crippen molar-refractivity contribution in [2.75, 3.05) is 0 Å². The Bertz CT molecular complexity index is 1120. The molecule has 32 heavy (non-hydrogen) atoms. The largest absolute Gasteiger partial charge is 0.256 e. The van der Waals surface area contributed by atoms with E-state index in [2.05, 4.69) is 103 Å². The van der Waals surface area contributed by atoms with Crippen LogP contribution >= 0.6 is 0 Å². The maximum absolute atomic E-state index is 5.06. The molecular formula is C30H41NSi. The van der Waals surface area contributed by atoms with Gasteiger partial charge in [-0.2, -0.15) is 0 Å². The van der Waals surface area contributed by atoms with Crippen LogP contribution < -0.4 is 5.19 Å². The van der Waals surface area contributed by atoms with Crippen molar-refractivity contribution in [2.24, 2.45) is 5.41 Å². The zero-order chi connectivity index (χ0) is 23.3. The molecule has 0 saturated heterocycles. The van der Waals surface area contributed by atoms with E-state index in [1.165, 1.54) is 47.6 Å². The first-order valence-corrected chi connectivity index (χ1v) is 15.9. The molecule has 0 atom stereocenters. The van der Waals surface area contributed by atoms with Gasteiger partial charge in [0.15, 0.2) is 0 Å². The van der Waals surface area contributed by atoms with Gasteiger partial charge in [0.2, 0.25) is 0 Å². The van der Waals surface area contributed by atoms with Crippen molar-refractivity contribution in [2.45, 2.75) is 91.3 Å². The van der Waals surface area contributed by atoms with Crippen LogP contribution in [-0.4, -0.2) is 13.1 Å². The Balaban J connectivity index is 1.86. The molecule has 0 amide bonds. The van der Waals surface area contributed by atoms with Gasteiger partial charge in [-0.05, 0) is 87.7 Å². The summed E-state index contributed by atoms with van der Waals surface area (Å²) in [4.78, 5) is 5.06. The van der Waals surface area contributed by atoms with Crippen LogP contribution in [0.4, 0.5) is 0 Å². The summed E-state index contributed by atoms with van der Waals surface area (Å²) in [6, 6.07) is 16.0. The molecule has 1 nitrogen and oxygen atoms in total. The fraction of sp³-hybridized carbons (Fsp3) is 0.500. The minimum Gasteiger partial charge on any atom is -0.256 e. The van der Waals surface area contributed by atoms with E-state index in [0.717, 1.165) is 5.69 Å². The lowest BCUT2D eigenvalue weighted by Gasteiger charge is -2.36. The zero-order valence-electron chi connectivity index (χ0n) is 21.5. The second-order valence-electron chi connectivity index (χ2n) is 12.8. The molecule has 1 fully saturated rings. The van der Waals surface area contributed by atoms with Crippen molar-refractivity contribution < 1.29 is 0 Å². The highest BCUT2D eigenvalue weighted by Crippen LogP contribution is 2.43. The number of pyridine rings is 1. The molecule has 0 unspecified atom stereocenters. The molecule has 1 aliphatic carbocycles. The van der Waals surface area contributed by atoms with Crippen LogP contribution in [0.2, 0.25) is 19.6 Å². The van der Waals surface area contributed by atoms with Gasteiger partial charge in [-0.15, -0.1) is 0 Å². The van der Waals surface area contributed by atoms with Crippen LogP contribution in [0.1, 0.15) is 77.3 Å². The summed E-state index contributed by atoms with van der Waals surface area (Å²) in [7, 11) is -1.47. The molecule has 2 aromatic carbocycles. The van der Waals surface area contributed by atoms with Gasteiger partial charge in [-0.25, -0.2) is 0 Å². The molecular weight excluding hydrogens is 402 g/mol. The molecule has 0 spiro atoms. The fourth-order valence-corrected chi connectivity index (χ4v) is 6.98. The van der Waals surface area contributed by atoms with Crippen molar-refractivity contribution in [1.82, 2.24) is 4.98 Å². The van der Waals surface area contributed by atoms with Crippen molar-refractivity contribution in [3.63, 3.8) is 0 Å². The summed E-state index contributed by atoms with van der Waals surface area (Å²) in [6.45, 7) is 19.2. The molecule has 0 aliphatic heterocycles. The van der Waals surface area contributed by atoms with E-state index in [4.69, 9.17) is 4.98 Å². The highest BCUT2D eigenvalue weighted by atomic mass is 28.3. The standard InChI is InChI=1S/C30H41NSi/c1-29(2,3)26-18-23(17-22-11-9-10-12-24(22)26)27-19-25(28(20-31-27)32(6,7)8)21-13-15-30(4,5)16-14-21/h9-12,17-21H,13-16H2,1-8H3. The van der Waals surface area contributed by atoms with Crippen molar-refractivity contribution in [3.05, 3.63) is 59.8 Å². The molecule has 3 aromatic rings. The topological polar surface area (TPSA) is 12.9 Å². The third-order valence-corrected chi connectivity index (χ3v) is 9.52. The Morgan fingerprint density at radius 2 is 1.59 bits per heavy atom. The van der Waals surface area contributed by atoms with Crippen LogP contribution in [-0.2, 0) is 5.41 Å². The van der Waals surface area contributed by atoms with Crippen molar-refractivity contribution >= 4 is 24.0 Å². The highest BCUT2D eigenvalue weighted by Gasteiger charge is 2.31. The Morgan fingerprint density at radius 3 is 2.22 bits per heavy atom. The second-order valence-corrected chi connectivity index (χ2v) is 17.9. The van der Waals surface area contributed by atoms with Gasteiger partial charge in [0.25, 0.3) is 0 Å². The summed E-state index contributed by atoms with van der Waals surface area (Å²) < 4.78 is 0. The van der Waals surface area contributed by atoms with Crippen molar-refractivity contribution in [3.8, 4) is 11.3 Å². The minimum atomic E-state index is -1.47. The molecule has 4 rings (SSSR count). The second kappa shape index (κ2) is 8.13. The maximum atomic E-state index is 5.06. The van der Waals surface area contributed by atoms with E-state index in [0.29, 0.717) is 11.3 Å². The van der Waals surface area contributed by atoms with Gasteiger partial charge < -0.3 is 0 Å². The Labute approximate surface area is 196 Å². The van der Waals surface area contributed by atoms with Gasteiger partial charge in [0.1, 0.15) is 0 Å². The third-order valence-electron chi connectivity index (χ3n) is 7.49. The molecule has 1 saturated carbocycles. The summed E-state index contributed by atoms with van der Waals surface area (Å²) in [6.07, 6.45) is 7.50. The summed E-state index contributed by atoms with van der Waals surface area (Å²) in [5.41, 5.74) is 5.98. The number of hydrogen-bond donors (Lipinski definition) is 0. The number of fused-ring (bicyclic) bond motifs is 1. The van der Waals surface area contributed by atoms with Gasteiger partial charge in [-0.3, -0.25) is 4.98 Å². The summed E-state index contributed by atoms with van der Waals surface area (Å²) >= 11 is 0. The average molecular weight is 444 g/mol. The number of hydrogen-bond acceptors (Lipinski definition) is 1. The minimum absolute atomic E-state index is 0.0889. The van der Waals surface area contributed by atoms with E-state index in [9.17, 15) is 0 Å². The lowest BCUT2D eigenvalue weighted by Crippen LogP contribution is -2.41.